The van der Waals surface area contributed by atoms with Crippen molar-refractivity contribution in [1.29, 1.82) is 0 Å². The molecule has 2 aromatic heterocycles. The van der Waals surface area contributed by atoms with Gasteiger partial charge in [-0.2, -0.15) is 0 Å². The van der Waals surface area contributed by atoms with E-state index in [9.17, 15) is 9.59 Å². The molecule has 1 aliphatic carbocycles. The van der Waals surface area contributed by atoms with Crippen molar-refractivity contribution in [3.05, 3.63) is 63.9 Å². The van der Waals surface area contributed by atoms with E-state index >= 15 is 0 Å². The largest absolute Gasteiger partial charge is 0.493 e. The van der Waals surface area contributed by atoms with Gasteiger partial charge in [0.1, 0.15) is 10.8 Å². The molecule has 2 heterocycles. The number of amides is 1. The molecular formula is C26H28N2O6S. The quantitative estimate of drug-likeness (QED) is 0.318. The van der Waals surface area contributed by atoms with Crippen LogP contribution in [0.3, 0.4) is 0 Å². The topological polar surface area (TPSA) is 99.4 Å². The molecule has 0 unspecified atom stereocenters. The number of carbonyl (C=O) groups is 2. The number of rotatable bonds is 10. The maximum absolute atomic E-state index is 13.1. The number of esters is 1. The van der Waals surface area contributed by atoms with E-state index in [4.69, 9.17) is 18.6 Å². The summed E-state index contributed by atoms with van der Waals surface area (Å²) in [6.45, 7) is 2.16. The molecule has 9 heteroatoms. The third-order valence-electron chi connectivity index (χ3n) is 5.55. The van der Waals surface area contributed by atoms with Crippen molar-refractivity contribution in [2.75, 3.05) is 20.3 Å². The standard InChI is InChI=1S/C26H28N2O6S/c1-3-32-23(29)16-34-20-11-10-17(13-21(20)31-2)14-28-26-24(19-8-4-5-9-22(19)35-26)25(30)27-15-18-7-6-12-33-18/h6-7,10-14H,3-5,8-9,15-16H2,1-2H3,(H,27,30). The van der Waals surface area contributed by atoms with Crippen LogP contribution < -0.4 is 14.8 Å². The second kappa shape index (κ2) is 11.7. The Morgan fingerprint density at radius 2 is 2.06 bits per heavy atom. The van der Waals surface area contributed by atoms with Crippen LogP contribution in [0.25, 0.3) is 0 Å². The number of aryl methyl sites for hydroxylation is 1. The number of furan rings is 1. The average Bonchev–Trinajstić information content (AvgIpc) is 3.53. The molecule has 3 aromatic rings. The number of thiophene rings is 1. The predicted octanol–water partition coefficient (Wildman–Crippen LogP) is 4.85. The highest BCUT2D eigenvalue weighted by Crippen LogP contribution is 2.40. The molecule has 0 saturated carbocycles. The van der Waals surface area contributed by atoms with E-state index in [1.807, 2.05) is 12.1 Å². The van der Waals surface area contributed by atoms with E-state index in [1.54, 1.807) is 48.9 Å². The highest BCUT2D eigenvalue weighted by molar-refractivity contribution is 7.16. The molecule has 1 aliphatic rings. The number of hydrogen-bond donors (Lipinski definition) is 1. The number of nitrogens with one attached hydrogen (secondary N) is 1. The number of methoxy groups -OCH3 is 1. The van der Waals surface area contributed by atoms with Crippen LogP contribution in [0.5, 0.6) is 11.5 Å². The maximum atomic E-state index is 13.1. The Morgan fingerprint density at radius 3 is 2.83 bits per heavy atom. The number of aliphatic imine (C=N–C) groups is 1. The molecule has 35 heavy (non-hydrogen) atoms. The fourth-order valence-electron chi connectivity index (χ4n) is 3.90. The third-order valence-corrected chi connectivity index (χ3v) is 6.75. The first-order chi connectivity index (χ1) is 17.1. The lowest BCUT2D eigenvalue weighted by molar-refractivity contribution is -0.145. The van der Waals surface area contributed by atoms with Crippen LogP contribution in [0.15, 0.2) is 46.0 Å². The summed E-state index contributed by atoms with van der Waals surface area (Å²) >= 11 is 1.57. The van der Waals surface area contributed by atoms with Crippen LogP contribution in [0.2, 0.25) is 0 Å². The van der Waals surface area contributed by atoms with E-state index < -0.39 is 5.97 Å². The summed E-state index contributed by atoms with van der Waals surface area (Å²) in [4.78, 5) is 30.6. The molecule has 8 nitrogen and oxygen atoms in total. The molecule has 184 valence electrons. The van der Waals surface area contributed by atoms with E-state index in [0.29, 0.717) is 41.0 Å². The SMILES string of the molecule is CCOC(=O)COc1ccc(C=Nc2sc3c(c2C(=O)NCc2ccco2)CCCC3)cc1OC. The van der Waals surface area contributed by atoms with Crippen molar-refractivity contribution in [2.45, 2.75) is 39.2 Å². The first-order valence-corrected chi connectivity index (χ1v) is 12.4. The zero-order valence-corrected chi connectivity index (χ0v) is 20.6. The van der Waals surface area contributed by atoms with E-state index in [0.717, 1.165) is 36.8 Å². The fourth-order valence-corrected chi connectivity index (χ4v) is 5.13. The lowest BCUT2D eigenvalue weighted by Crippen LogP contribution is -2.23. The number of carbonyl (C=O) groups excluding carboxylic acids is 2. The van der Waals surface area contributed by atoms with Crippen molar-refractivity contribution in [3.8, 4) is 11.5 Å². The van der Waals surface area contributed by atoms with Crippen molar-refractivity contribution < 1.29 is 28.2 Å². The molecule has 0 atom stereocenters. The Balaban J connectivity index is 1.53. The fraction of sp³-hybridized carbons (Fsp3) is 0.346. The number of ether oxygens (including phenoxy) is 3. The Bertz CT molecular complexity index is 1200. The summed E-state index contributed by atoms with van der Waals surface area (Å²) in [5.41, 5.74) is 2.53. The number of hydrogen-bond acceptors (Lipinski definition) is 8. The first-order valence-electron chi connectivity index (χ1n) is 11.5. The second-order valence-corrected chi connectivity index (χ2v) is 9.00. The van der Waals surface area contributed by atoms with Crippen LogP contribution in [-0.4, -0.2) is 38.4 Å². The van der Waals surface area contributed by atoms with Gasteiger partial charge in [0.25, 0.3) is 5.91 Å². The molecule has 1 amide bonds. The van der Waals surface area contributed by atoms with Crippen LogP contribution in [-0.2, 0) is 28.9 Å². The molecule has 0 aliphatic heterocycles. The van der Waals surface area contributed by atoms with Crippen molar-refractivity contribution in [1.82, 2.24) is 5.32 Å². The minimum Gasteiger partial charge on any atom is -0.493 e. The van der Waals surface area contributed by atoms with Gasteiger partial charge in [0, 0.05) is 11.1 Å². The van der Waals surface area contributed by atoms with Crippen LogP contribution in [0.1, 0.15) is 51.9 Å². The Labute approximate surface area is 207 Å². The minimum atomic E-state index is -0.445. The Kier molecular flexibility index (Phi) is 8.20. The molecule has 1 aromatic carbocycles. The monoisotopic (exact) mass is 496 g/mol. The molecule has 4 rings (SSSR count). The second-order valence-electron chi connectivity index (χ2n) is 7.92. The third kappa shape index (κ3) is 6.10. The van der Waals surface area contributed by atoms with E-state index in [-0.39, 0.29) is 12.5 Å². The van der Waals surface area contributed by atoms with Gasteiger partial charge in [-0.3, -0.25) is 4.79 Å². The van der Waals surface area contributed by atoms with E-state index in [1.165, 1.54) is 12.0 Å². The van der Waals surface area contributed by atoms with Gasteiger partial charge in [-0.15, -0.1) is 11.3 Å². The van der Waals surface area contributed by atoms with Crippen molar-refractivity contribution in [2.24, 2.45) is 4.99 Å². The molecule has 0 saturated heterocycles. The summed E-state index contributed by atoms with van der Waals surface area (Å²) in [5, 5.41) is 3.65. The van der Waals surface area contributed by atoms with Gasteiger partial charge in [0.05, 0.1) is 32.1 Å². The van der Waals surface area contributed by atoms with Crippen LogP contribution in [0.4, 0.5) is 5.00 Å². The lowest BCUT2D eigenvalue weighted by atomic mass is 9.95. The van der Waals surface area contributed by atoms with Gasteiger partial charge in [-0.25, -0.2) is 9.79 Å². The van der Waals surface area contributed by atoms with Crippen molar-refractivity contribution in [3.63, 3.8) is 0 Å². The maximum Gasteiger partial charge on any atom is 0.344 e. The average molecular weight is 497 g/mol. The summed E-state index contributed by atoms with van der Waals surface area (Å²) in [6.07, 6.45) is 7.33. The number of fused-ring (bicyclic) bond motifs is 1. The normalized spacial score (nSPS) is 12.9. The minimum absolute atomic E-state index is 0.145. The molecule has 0 radical (unpaired) electrons. The summed E-state index contributed by atoms with van der Waals surface area (Å²) in [6, 6.07) is 8.93. The number of benzene rings is 1. The summed E-state index contributed by atoms with van der Waals surface area (Å²) in [7, 11) is 1.53. The Morgan fingerprint density at radius 1 is 1.20 bits per heavy atom. The van der Waals surface area contributed by atoms with Gasteiger partial charge in [-0.05, 0) is 74.1 Å². The van der Waals surface area contributed by atoms with Gasteiger partial charge >= 0.3 is 5.97 Å². The molecule has 0 bridgehead atoms. The van der Waals surface area contributed by atoms with Crippen molar-refractivity contribution >= 4 is 34.4 Å². The smallest absolute Gasteiger partial charge is 0.344 e. The Hall–Kier alpha value is -3.59. The highest BCUT2D eigenvalue weighted by Gasteiger charge is 2.25. The van der Waals surface area contributed by atoms with E-state index in [2.05, 4.69) is 10.3 Å². The van der Waals surface area contributed by atoms with Gasteiger partial charge < -0.3 is 23.9 Å². The molecule has 1 N–H and O–H groups in total. The highest BCUT2D eigenvalue weighted by atomic mass is 32.1. The zero-order valence-electron chi connectivity index (χ0n) is 19.8. The molecular weight excluding hydrogens is 468 g/mol. The van der Waals surface area contributed by atoms with Crippen LogP contribution in [0, 0.1) is 0 Å². The number of nitrogens with zero attached hydrogens (tertiary/aromatic N) is 1. The molecule has 0 spiro atoms. The first kappa shape index (κ1) is 24.5. The molecule has 0 fully saturated rings. The van der Waals surface area contributed by atoms with Crippen LogP contribution >= 0.6 is 11.3 Å². The summed E-state index contributed by atoms with van der Waals surface area (Å²) in [5.74, 6) is 1.01. The van der Waals surface area contributed by atoms with Gasteiger partial charge in [0.2, 0.25) is 0 Å². The zero-order chi connectivity index (χ0) is 24.6. The summed E-state index contributed by atoms with van der Waals surface area (Å²) < 4.78 is 21.2. The predicted molar refractivity (Wildman–Crippen MR) is 133 cm³/mol. The van der Waals surface area contributed by atoms with Gasteiger partial charge in [-0.1, -0.05) is 0 Å². The van der Waals surface area contributed by atoms with Gasteiger partial charge in [0.15, 0.2) is 18.1 Å². The lowest BCUT2D eigenvalue weighted by Gasteiger charge is -2.12.